The molecule has 0 bridgehead atoms. The average Bonchev–Trinajstić information content (AvgIpc) is 2.45. The van der Waals surface area contributed by atoms with E-state index in [1.165, 1.54) is 18.3 Å². The van der Waals surface area contributed by atoms with Crippen LogP contribution in [0.25, 0.3) is 0 Å². The van der Waals surface area contributed by atoms with Gasteiger partial charge in [0.1, 0.15) is 5.54 Å². The highest BCUT2D eigenvalue weighted by molar-refractivity contribution is 7.90. The minimum atomic E-state index is -3.70. The van der Waals surface area contributed by atoms with Crippen molar-refractivity contribution in [3.63, 3.8) is 0 Å². The summed E-state index contributed by atoms with van der Waals surface area (Å²) in [5.41, 5.74) is -0.621. The fourth-order valence-electron chi connectivity index (χ4n) is 2.08. The van der Waals surface area contributed by atoms with E-state index in [2.05, 4.69) is 10.8 Å². The molecule has 0 saturated carbocycles. The highest BCUT2D eigenvalue weighted by atomic mass is 32.2. The predicted molar refractivity (Wildman–Crippen MR) is 73.2 cm³/mol. The van der Waals surface area contributed by atoms with Crippen molar-refractivity contribution in [3.05, 3.63) is 0 Å². The van der Waals surface area contributed by atoms with Crippen LogP contribution in [0.5, 0.6) is 0 Å². The van der Waals surface area contributed by atoms with Crippen LogP contribution < -0.4 is 0 Å². The second-order valence-electron chi connectivity index (χ2n) is 5.27. The van der Waals surface area contributed by atoms with Gasteiger partial charge in [-0.05, 0) is 20.8 Å². The van der Waals surface area contributed by atoms with Crippen LogP contribution in [-0.2, 0) is 19.6 Å². The molecule has 1 fully saturated rings. The van der Waals surface area contributed by atoms with Crippen molar-refractivity contribution >= 4 is 16.0 Å². The van der Waals surface area contributed by atoms with Crippen LogP contribution in [0.15, 0.2) is 0 Å². The number of sulfonamides is 1. The van der Waals surface area contributed by atoms with Gasteiger partial charge in [0.15, 0.2) is 5.25 Å². The lowest BCUT2D eigenvalue weighted by Gasteiger charge is -2.40. The topological polar surface area (TPSA) is 90.7 Å². The molecule has 1 unspecified atom stereocenters. The standard InChI is InChI=1S/C12H21N3O4S/c1-10(11(16)19-4)20(17,18)15-7-5-14(6-8-15)12(2,3)9-13/h10H,5-8H2,1-4H3. The van der Waals surface area contributed by atoms with Gasteiger partial charge in [-0.15, -0.1) is 0 Å². The van der Waals surface area contributed by atoms with Crippen LogP contribution in [0.3, 0.4) is 0 Å². The van der Waals surface area contributed by atoms with Crippen molar-refractivity contribution in [2.45, 2.75) is 31.6 Å². The molecular weight excluding hydrogens is 282 g/mol. The van der Waals surface area contributed by atoms with Crippen LogP contribution in [0.2, 0.25) is 0 Å². The molecule has 114 valence electrons. The number of nitriles is 1. The van der Waals surface area contributed by atoms with Crippen molar-refractivity contribution in [2.24, 2.45) is 0 Å². The summed E-state index contributed by atoms with van der Waals surface area (Å²) in [5, 5.41) is 7.87. The Hall–Kier alpha value is -1.17. The van der Waals surface area contributed by atoms with E-state index in [1.807, 2.05) is 4.90 Å². The molecule has 0 N–H and O–H groups in total. The summed E-state index contributed by atoms with van der Waals surface area (Å²) in [4.78, 5) is 13.3. The van der Waals surface area contributed by atoms with Crippen LogP contribution in [0.1, 0.15) is 20.8 Å². The number of methoxy groups -OCH3 is 1. The largest absolute Gasteiger partial charge is 0.468 e. The summed E-state index contributed by atoms with van der Waals surface area (Å²) < 4.78 is 30.3. The maximum atomic E-state index is 12.3. The number of hydrogen-bond acceptors (Lipinski definition) is 6. The zero-order valence-electron chi connectivity index (χ0n) is 12.3. The Kier molecular flexibility index (Phi) is 5.13. The van der Waals surface area contributed by atoms with Gasteiger partial charge in [-0.25, -0.2) is 8.42 Å². The van der Waals surface area contributed by atoms with Gasteiger partial charge >= 0.3 is 5.97 Å². The quantitative estimate of drug-likeness (QED) is 0.668. The van der Waals surface area contributed by atoms with Crippen LogP contribution >= 0.6 is 0 Å². The van der Waals surface area contributed by atoms with Crippen molar-refractivity contribution in [2.75, 3.05) is 33.3 Å². The molecule has 8 heteroatoms. The minimum absolute atomic E-state index is 0.273. The molecule has 0 spiro atoms. The fourth-order valence-corrected chi connectivity index (χ4v) is 3.54. The number of piperazine rings is 1. The first-order valence-corrected chi connectivity index (χ1v) is 7.90. The van der Waals surface area contributed by atoms with Gasteiger partial charge in [-0.3, -0.25) is 9.69 Å². The van der Waals surface area contributed by atoms with Crippen molar-refractivity contribution in [1.82, 2.24) is 9.21 Å². The van der Waals surface area contributed by atoms with Gasteiger partial charge in [-0.2, -0.15) is 9.57 Å². The van der Waals surface area contributed by atoms with Crippen molar-refractivity contribution in [3.8, 4) is 6.07 Å². The van der Waals surface area contributed by atoms with E-state index in [-0.39, 0.29) is 13.1 Å². The summed E-state index contributed by atoms with van der Waals surface area (Å²) in [6, 6.07) is 2.20. The molecule has 1 saturated heterocycles. The molecule has 0 aromatic carbocycles. The lowest BCUT2D eigenvalue weighted by Crippen LogP contribution is -2.56. The molecule has 0 aromatic rings. The van der Waals surface area contributed by atoms with Crippen LogP contribution in [0.4, 0.5) is 0 Å². The number of rotatable bonds is 4. The van der Waals surface area contributed by atoms with Gasteiger partial charge < -0.3 is 4.74 Å². The SMILES string of the molecule is COC(=O)C(C)S(=O)(=O)N1CCN(C(C)(C)C#N)CC1. The predicted octanol–water partition coefficient (Wildman–Crippen LogP) is -0.203. The molecule has 20 heavy (non-hydrogen) atoms. The van der Waals surface area contributed by atoms with Gasteiger partial charge in [0.25, 0.3) is 0 Å². The minimum Gasteiger partial charge on any atom is -0.468 e. The second kappa shape index (κ2) is 6.08. The third-order valence-electron chi connectivity index (χ3n) is 3.64. The van der Waals surface area contributed by atoms with Gasteiger partial charge in [0.2, 0.25) is 10.0 Å². The molecule has 1 atom stereocenters. The Morgan fingerprint density at radius 3 is 2.20 bits per heavy atom. The molecule has 0 amide bonds. The lowest BCUT2D eigenvalue weighted by molar-refractivity contribution is -0.139. The third-order valence-corrected chi connectivity index (χ3v) is 5.81. The van der Waals surface area contributed by atoms with E-state index in [1.54, 1.807) is 13.8 Å². The Balaban J connectivity index is 2.75. The molecule has 1 aliphatic rings. The summed E-state index contributed by atoms with van der Waals surface area (Å²) in [6.45, 7) is 6.40. The van der Waals surface area contributed by atoms with Crippen molar-refractivity contribution < 1.29 is 17.9 Å². The van der Waals surface area contributed by atoms with E-state index in [9.17, 15) is 13.2 Å². The second-order valence-corrected chi connectivity index (χ2v) is 7.52. The zero-order chi connectivity index (χ0) is 15.6. The van der Waals surface area contributed by atoms with Crippen molar-refractivity contribution in [1.29, 1.82) is 5.26 Å². The lowest BCUT2D eigenvalue weighted by atomic mass is 10.0. The highest BCUT2D eigenvalue weighted by Crippen LogP contribution is 2.19. The van der Waals surface area contributed by atoms with E-state index in [0.717, 1.165) is 0 Å². The molecule has 0 aliphatic carbocycles. The normalized spacial score (nSPS) is 20.1. The number of hydrogen-bond donors (Lipinski definition) is 0. The monoisotopic (exact) mass is 303 g/mol. The Morgan fingerprint density at radius 2 is 1.80 bits per heavy atom. The first-order valence-electron chi connectivity index (χ1n) is 6.40. The third kappa shape index (κ3) is 3.29. The van der Waals surface area contributed by atoms with Gasteiger partial charge in [-0.1, -0.05) is 0 Å². The van der Waals surface area contributed by atoms with E-state index >= 15 is 0 Å². The molecule has 0 aromatic heterocycles. The van der Waals surface area contributed by atoms with Gasteiger partial charge in [0.05, 0.1) is 13.2 Å². The molecule has 1 rings (SSSR count). The van der Waals surface area contributed by atoms with E-state index in [0.29, 0.717) is 13.1 Å². The number of carbonyl (C=O) groups is 1. The fraction of sp³-hybridized carbons (Fsp3) is 0.833. The van der Waals surface area contributed by atoms with E-state index in [4.69, 9.17) is 5.26 Å². The Labute approximate surface area is 120 Å². The smallest absolute Gasteiger partial charge is 0.325 e. The summed E-state index contributed by atoms with van der Waals surface area (Å²) >= 11 is 0. The van der Waals surface area contributed by atoms with Gasteiger partial charge in [0, 0.05) is 26.2 Å². The number of ether oxygens (including phenoxy) is 1. The highest BCUT2D eigenvalue weighted by Gasteiger charge is 2.38. The van der Waals surface area contributed by atoms with Crippen LogP contribution in [-0.4, -0.2) is 67.7 Å². The molecule has 0 radical (unpaired) electrons. The molecular formula is C12H21N3O4S. The maximum Gasteiger partial charge on any atom is 0.325 e. The summed E-state index contributed by atoms with van der Waals surface area (Å²) in [6.07, 6.45) is 0. The number of esters is 1. The zero-order valence-corrected chi connectivity index (χ0v) is 13.1. The molecule has 7 nitrogen and oxygen atoms in total. The first kappa shape index (κ1) is 16.9. The average molecular weight is 303 g/mol. The molecule has 1 aliphatic heterocycles. The van der Waals surface area contributed by atoms with Crippen LogP contribution in [0, 0.1) is 11.3 Å². The first-order chi connectivity index (χ1) is 9.16. The maximum absolute atomic E-state index is 12.3. The number of nitrogens with zero attached hydrogens (tertiary/aromatic N) is 3. The summed E-state index contributed by atoms with van der Waals surface area (Å²) in [7, 11) is -2.53. The summed E-state index contributed by atoms with van der Waals surface area (Å²) in [5.74, 6) is -0.759. The van der Waals surface area contributed by atoms with E-state index < -0.39 is 26.8 Å². The number of carbonyl (C=O) groups excluding carboxylic acids is 1. The Bertz CT molecular complexity index is 501. The molecule has 1 heterocycles. The Morgan fingerprint density at radius 1 is 1.30 bits per heavy atom.